The zero-order chi connectivity index (χ0) is 12.3. The number of nitrogens with two attached hydrogens (primary N) is 1. The van der Waals surface area contributed by atoms with Crippen LogP contribution in [0.2, 0.25) is 0 Å². The molecule has 0 amide bonds. The van der Waals surface area contributed by atoms with Crippen molar-refractivity contribution in [3.8, 4) is 11.5 Å². The molecular weight excluding hydrogens is 222 g/mol. The number of carbonyl (C=O) groups is 1. The number of anilines is 1. The van der Waals surface area contributed by atoms with Crippen molar-refractivity contribution in [3.05, 3.63) is 42.2 Å². The first-order chi connectivity index (χ1) is 8.15. The van der Waals surface area contributed by atoms with Crippen molar-refractivity contribution in [2.24, 2.45) is 0 Å². The zero-order valence-corrected chi connectivity index (χ0v) is 8.70. The van der Waals surface area contributed by atoms with Crippen LogP contribution < -0.4 is 10.5 Å². The number of aromatic hydroxyl groups is 1. The summed E-state index contributed by atoms with van der Waals surface area (Å²) >= 11 is 0. The molecule has 0 spiro atoms. The maximum absolute atomic E-state index is 11.6. The molecule has 6 heteroatoms. The first-order valence-electron chi connectivity index (χ1n) is 4.75. The Kier molecular flexibility index (Phi) is 2.87. The Morgan fingerprint density at radius 1 is 1.35 bits per heavy atom. The number of hydrogen-bond donors (Lipinski definition) is 2. The van der Waals surface area contributed by atoms with E-state index in [9.17, 15) is 9.90 Å². The van der Waals surface area contributed by atoms with Gasteiger partial charge in [0.2, 0.25) is 5.95 Å². The summed E-state index contributed by atoms with van der Waals surface area (Å²) in [6.45, 7) is 0. The minimum absolute atomic E-state index is 0.00430. The van der Waals surface area contributed by atoms with Gasteiger partial charge in [0.05, 0.1) is 0 Å². The fourth-order valence-electron chi connectivity index (χ4n) is 1.19. The Bertz CT molecular complexity index is 557. The van der Waals surface area contributed by atoms with E-state index in [2.05, 4.69) is 9.97 Å². The van der Waals surface area contributed by atoms with Crippen LogP contribution in [-0.2, 0) is 0 Å². The zero-order valence-electron chi connectivity index (χ0n) is 8.70. The molecule has 2 rings (SSSR count). The lowest BCUT2D eigenvalue weighted by Gasteiger charge is -2.03. The smallest absolute Gasteiger partial charge is 0.362 e. The number of aromatic nitrogens is 2. The lowest BCUT2D eigenvalue weighted by atomic mass is 10.3. The number of benzene rings is 1. The maximum atomic E-state index is 11.6. The Balaban J connectivity index is 2.17. The van der Waals surface area contributed by atoms with Gasteiger partial charge in [-0.1, -0.05) is 6.07 Å². The first kappa shape index (κ1) is 10.9. The number of carbonyl (C=O) groups excluding carboxylic acids is 1. The number of esters is 1. The van der Waals surface area contributed by atoms with Crippen molar-refractivity contribution in [2.45, 2.75) is 0 Å². The average Bonchev–Trinajstić information content (AvgIpc) is 2.29. The predicted molar refractivity (Wildman–Crippen MR) is 59.5 cm³/mol. The number of nitrogens with zero attached hydrogens (tertiary/aromatic N) is 2. The summed E-state index contributed by atoms with van der Waals surface area (Å²) in [4.78, 5) is 19.0. The molecule has 0 bridgehead atoms. The highest BCUT2D eigenvalue weighted by atomic mass is 16.5. The van der Waals surface area contributed by atoms with E-state index in [0.29, 0.717) is 0 Å². The minimum Gasteiger partial charge on any atom is -0.508 e. The van der Waals surface area contributed by atoms with Gasteiger partial charge in [-0.3, -0.25) is 0 Å². The van der Waals surface area contributed by atoms with E-state index in [1.54, 1.807) is 12.1 Å². The molecule has 0 saturated heterocycles. The summed E-state index contributed by atoms with van der Waals surface area (Å²) in [6.07, 6.45) is 1.36. The lowest BCUT2D eigenvalue weighted by Crippen LogP contribution is -2.12. The summed E-state index contributed by atoms with van der Waals surface area (Å²) in [5, 5.41) is 9.20. The molecule has 0 atom stereocenters. The minimum atomic E-state index is -0.662. The normalized spacial score (nSPS) is 9.88. The summed E-state index contributed by atoms with van der Waals surface area (Å²) in [5.74, 6) is -0.426. The SMILES string of the molecule is Nc1nccc(C(=O)Oc2cccc(O)c2)n1. The molecular formula is C11H9N3O3. The van der Waals surface area contributed by atoms with Gasteiger partial charge in [0, 0.05) is 12.3 Å². The fourth-order valence-corrected chi connectivity index (χ4v) is 1.19. The van der Waals surface area contributed by atoms with Gasteiger partial charge in [-0.05, 0) is 18.2 Å². The van der Waals surface area contributed by atoms with Crippen molar-refractivity contribution < 1.29 is 14.6 Å². The summed E-state index contributed by atoms with van der Waals surface area (Å²) in [7, 11) is 0. The van der Waals surface area contributed by atoms with E-state index in [4.69, 9.17) is 10.5 Å². The molecule has 0 unspecified atom stereocenters. The van der Waals surface area contributed by atoms with Crippen LogP contribution in [-0.4, -0.2) is 21.0 Å². The third-order valence-corrected chi connectivity index (χ3v) is 1.91. The molecule has 17 heavy (non-hydrogen) atoms. The Morgan fingerprint density at radius 3 is 2.88 bits per heavy atom. The molecule has 1 aromatic heterocycles. The maximum Gasteiger partial charge on any atom is 0.362 e. The molecule has 1 heterocycles. The van der Waals surface area contributed by atoms with Crippen molar-refractivity contribution >= 4 is 11.9 Å². The molecule has 2 aromatic rings. The highest BCUT2D eigenvalue weighted by molar-refractivity contribution is 5.89. The van der Waals surface area contributed by atoms with Crippen LogP contribution in [0.3, 0.4) is 0 Å². The Labute approximate surface area is 96.7 Å². The molecule has 6 nitrogen and oxygen atoms in total. The van der Waals surface area contributed by atoms with Crippen LogP contribution >= 0.6 is 0 Å². The van der Waals surface area contributed by atoms with E-state index in [1.807, 2.05) is 0 Å². The topological polar surface area (TPSA) is 98.3 Å². The van der Waals surface area contributed by atoms with Crippen LogP contribution in [0.5, 0.6) is 11.5 Å². The van der Waals surface area contributed by atoms with Crippen molar-refractivity contribution in [1.29, 1.82) is 0 Å². The van der Waals surface area contributed by atoms with Gasteiger partial charge < -0.3 is 15.6 Å². The Morgan fingerprint density at radius 2 is 2.18 bits per heavy atom. The van der Waals surface area contributed by atoms with Gasteiger partial charge in [0.1, 0.15) is 11.5 Å². The molecule has 0 radical (unpaired) electrons. The number of ether oxygens (including phenoxy) is 1. The molecule has 0 saturated carbocycles. The summed E-state index contributed by atoms with van der Waals surface area (Å²) in [5.41, 5.74) is 5.40. The second-order valence-electron chi connectivity index (χ2n) is 3.19. The first-order valence-corrected chi connectivity index (χ1v) is 4.75. The quantitative estimate of drug-likeness (QED) is 0.590. The number of phenols is 1. The van der Waals surface area contributed by atoms with E-state index in [-0.39, 0.29) is 23.1 Å². The van der Waals surface area contributed by atoms with Crippen LogP contribution in [0, 0.1) is 0 Å². The second kappa shape index (κ2) is 4.48. The van der Waals surface area contributed by atoms with E-state index < -0.39 is 5.97 Å². The van der Waals surface area contributed by atoms with Crippen molar-refractivity contribution in [2.75, 3.05) is 5.73 Å². The number of rotatable bonds is 2. The fraction of sp³-hybridized carbons (Fsp3) is 0. The third-order valence-electron chi connectivity index (χ3n) is 1.91. The number of nitrogen functional groups attached to an aromatic ring is 1. The Hall–Kier alpha value is -2.63. The molecule has 0 aliphatic carbocycles. The predicted octanol–water partition coefficient (Wildman–Crippen LogP) is 0.984. The summed E-state index contributed by atoms with van der Waals surface area (Å²) in [6, 6.07) is 7.29. The molecule has 86 valence electrons. The van der Waals surface area contributed by atoms with Crippen molar-refractivity contribution in [3.63, 3.8) is 0 Å². The van der Waals surface area contributed by atoms with E-state index in [1.165, 1.54) is 24.4 Å². The van der Waals surface area contributed by atoms with Gasteiger partial charge in [-0.25, -0.2) is 14.8 Å². The van der Waals surface area contributed by atoms with Crippen molar-refractivity contribution in [1.82, 2.24) is 9.97 Å². The van der Waals surface area contributed by atoms with E-state index in [0.717, 1.165) is 0 Å². The number of phenolic OH excluding ortho intramolecular Hbond substituents is 1. The highest BCUT2D eigenvalue weighted by Crippen LogP contribution is 2.18. The number of hydrogen-bond acceptors (Lipinski definition) is 6. The largest absolute Gasteiger partial charge is 0.508 e. The van der Waals surface area contributed by atoms with Crippen LogP contribution in [0.4, 0.5) is 5.95 Å². The molecule has 0 aliphatic heterocycles. The van der Waals surface area contributed by atoms with Gasteiger partial charge in [-0.2, -0.15) is 0 Å². The third kappa shape index (κ3) is 2.69. The van der Waals surface area contributed by atoms with Crippen LogP contribution in [0.25, 0.3) is 0 Å². The second-order valence-corrected chi connectivity index (χ2v) is 3.19. The molecule has 1 aromatic carbocycles. The van der Waals surface area contributed by atoms with Gasteiger partial charge >= 0.3 is 5.97 Å². The standard InChI is InChI=1S/C11H9N3O3/c12-11-13-5-4-9(14-11)10(16)17-8-3-1-2-7(15)6-8/h1-6,15H,(H2,12,13,14). The molecule has 0 fully saturated rings. The van der Waals surface area contributed by atoms with Gasteiger partial charge in [0.15, 0.2) is 5.69 Å². The highest BCUT2D eigenvalue weighted by Gasteiger charge is 2.10. The van der Waals surface area contributed by atoms with Gasteiger partial charge in [0.25, 0.3) is 0 Å². The summed E-state index contributed by atoms with van der Waals surface area (Å²) < 4.78 is 4.99. The van der Waals surface area contributed by atoms with Crippen LogP contribution in [0.1, 0.15) is 10.5 Å². The monoisotopic (exact) mass is 231 g/mol. The molecule has 3 N–H and O–H groups in total. The van der Waals surface area contributed by atoms with Crippen LogP contribution in [0.15, 0.2) is 36.5 Å². The van der Waals surface area contributed by atoms with Gasteiger partial charge in [-0.15, -0.1) is 0 Å². The average molecular weight is 231 g/mol. The molecule has 0 aliphatic rings. The lowest BCUT2D eigenvalue weighted by molar-refractivity contribution is 0.0728. The van der Waals surface area contributed by atoms with E-state index >= 15 is 0 Å².